The molecule has 5 nitrogen and oxygen atoms in total. The van der Waals surface area contributed by atoms with E-state index in [2.05, 4.69) is 42.5 Å². The van der Waals surface area contributed by atoms with E-state index in [1.807, 2.05) is 28.0 Å². The molecule has 2 heterocycles. The predicted octanol–water partition coefficient (Wildman–Crippen LogP) is 4.09. The fraction of sp³-hybridized carbons (Fsp3) is 0.481. The van der Waals surface area contributed by atoms with Crippen molar-refractivity contribution in [2.75, 3.05) is 33.4 Å². The minimum absolute atomic E-state index is 0.0134. The summed E-state index contributed by atoms with van der Waals surface area (Å²) in [6.45, 7) is 2.17. The van der Waals surface area contributed by atoms with E-state index in [1.54, 1.807) is 7.11 Å². The van der Waals surface area contributed by atoms with E-state index in [-0.39, 0.29) is 30.4 Å². The number of piperidine rings is 2. The van der Waals surface area contributed by atoms with Crippen LogP contribution < -0.4 is 0 Å². The number of hydrogen-bond donors (Lipinski definition) is 0. The van der Waals surface area contributed by atoms with Crippen LogP contribution in [0, 0.1) is 11.8 Å². The van der Waals surface area contributed by atoms with Gasteiger partial charge in [0.15, 0.2) is 0 Å². The molecule has 32 heavy (non-hydrogen) atoms. The van der Waals surface area contributed by atoms with Crippen LogP contribution in [0.5, 0.6) is 0 Å². The third-order valence-electron chi connectivity index (χ3n) is 7.00. The summed E-state index contributed by atoms with van der Waals surface area (Å²) in [5, 5.41) is 0. The number of hydrogen-bond acceptors (Lipinski definition) is 3. The van der Waals surface area contributed by atoms with Gasteiger partial charge in [0.25, 0.3) is 0 Å². The lowest BCUT2D eigenvalue weighted by atomic mass is 9.86. The highest BCUT2D eigenvalue weighted by Gasteiger charge is 2.37. The number of benzene rings is 2. The molecule has 0 aromatic heterocycles. The summed E-state index contributed by atoms with van der Waals surface area (Å²) in [5.74, 6) is 0.682. The van der Waals surface area contributed by atoms with E-state index < -0.39 is 0 Å². The Morgan fingerprint density at radius 3 is 2.22 bits per heavy atom. The average molecular weight is 435 g/mol. The third kappa shape index (κ3) is 5.39. The normalized spacial score (nSPS) is 22.0. The SMILES string of the molecule is COCC(=O)N1CC(C(=O)N2CCC(Cc3ccccc3)CC2)CCC1c1ccccc1. The third-order valence-corrected chi connectivity index (χ3v) is 7.00. The zero-order valence-corrected chi connectivity index (χ0v) is 19.0. The monoisotopic (exact) mass is 434 g/mol. The second kappa shape index (κ2) is 10.8. The number of nitrogens with zero attached hydrogens (tertiary/aromatic N) is 2. The molecule has 2 saturated heterocycles. The predicted molar refractivity (Wildman–Crippen MR) is 125 cm³/mol. The van der Waals surface area contributed by atoms with Gasteiger partial charge in [-0.25, -0.2) is 0 Å². The van der Waals surface area contributed by atoms with Crippen LogP contribution >= 0.6 is 0 Å². The molecule has 0 saturated carbocycles. The van der Waals surface area contributed by atoms with Gasteiger partial charge in [0, 0.05) is 26.7 Å². The number of ether oxygens (including phenoxy) is 1. The maximum absolute atomic E-state index is 13.3. The summed E-state index contributed by atoms with van der Waals surface area (Å²) in [4.78, 5) is 30.1. The van der Waals surface area contributed by atoms with Gasteiger partial charge in [-0.05, 0) is 49.1 Å². The molecule has 0 radical (unpaired) electrons. The Kier molecular flexibility index (Phi) is 7.59. The number of carbonyl (C=O) groups excluding carboxylic acids is 2. The Morgan fingerprint density at radius 1 is 0.906 bits per heavy atom. The molecule has 2 fully saturated rings. The molecule has 0 bridgehead atoms. The van der Waals surface area contributed by atoms with E-state index in [4.69, 9.17) is 4.74 Å². The summed E-state index contributed by atoms with van der Waals surface area (Å²) < 4.78 is 5.13. The first kappa shape index (κ1) is 22.5. The molecular weight excluding hydrogens is 400 g/mol. The van der Waals surface area contributed by atoms with Gasteiger partial charge >= 0.3 is 0 Å². The zero-order valence-electron chi connectivity index (χ0n) is 19.0. The quantitative estimate of drug-likeness (QED) is 0.688. The molecule has 2 aromatic carbocycles. The van der Waals surface area contributed by atoms with Crippen LogP contribution in [0.25, 0.3) is 0 Å². The Morgan fingerprint density at radius 2 is 1.56 bits per heavy atom. The van der Waals surface area contributed by atoms with Gasteiger partial charge in [0.05, 0.1) is 12.0 Å². The molecular formula is C27H34N2O3. The molecule has 2 amide bonds. The number of amides is 2. The van der Waals surface area contributed by atoms with E-state index >= 15 is 0 Å². The molecule has 2 aliphatic rings. The van der Waals surface area contributed by atoms with Gasteiger partial charge in [0.2, 0.25) is 11.8 Å². The van der Waals surface area contributed by atoms with Gasteiger partial charge in [-0.2, -0.15) is 0 Å². The van der Waals surface area contributed by atoms with E-state index in [9.17, 15) is 9.59 Å². The first-order valence-corrected chi connectivity index (χ1v) is 11.8. The fourth-order valence-electron chi connectivity index (χ4n) is 5.24. The van der Waals surface area contributed by atoms with Crippen molar-refractivity contribution in [1.82, 2.24) is 9.80 Å². The highest BCUT2D eigenvalue weighted by atomic mass is 16.5. The van der Waals surface area contributed by atoms with Crippen molar-refractivity contribution in [3.05, 3.63) is 71.8 Å². The summed E-state index contributed by atoms with van der Waals surface area (Å²) in [5.41, 5.74) is 2.51. The second-order valence-corrected chi connectivity index (χ2v) is 9.14. The van der Waals surface area contributed by atoms with Crippen molar-refractivity contribution in [1.29, 1.82) is 0 Å². The van der Waals surface area contributed by atoms with E-state index in [0.29, 0.717) is 12.5 Å². The van der Waals surface area contributed by atoms with Gasteiger partial charge in [-0.15, -0.1) is 0 Å². The first-order valence-electron chi connectivity index (χ1n) is 11.8. The highest BCUT2D eigenvalue weighted by molar-refractivity contribution is 5.82. The molecule has 0 spiro atoms. The standard InChI is InChI=1S/C27H34N2O3/c1-32-20-26(30)29-19-24(12-13-25(29)23-10-6-3-7-11-23)27(31)28-16-14-22(15-17-28)18-21-8-4-2-5-9-21/h2-11,22,24-25H,12-20H2,1H3. The fourth-order valence-corrected chi connectivity index (χ4v) is 5.24. The minimum atomic E-state index is -0.124. The first-order chi connectivity index (χ1) is 15.7. The summed E-state index contributed by atoms with van der Waals surface area (Å²) >= 11 is 0. The summed E-state index contributed by atoms with van der Waals surface area (Å²) in [7, 11) is 1.54. The van der Waals surface area contributed by atoms with Crippen LogP contribution in [-0.2, 0) is 20.7 Å². The van der Waals surface area contributed by atoms with Crippen molar-refractivity contribution >= 4 is 11.8 Å². The molecule has 170 valence electrons. The Bertz CT molecular complexity index is 878. The van der Waals surface area contributed by atoms with Crippen molar-refractivity contribution in [3.63, 3.8) is 0 Å². The molecule has 4 rings (SSSR count). The van der Waals surface area contributed by atoms with Crippen LogP contribution in [0.1, 0.15) is 42.9 Å². The maximum Gasteiger partial charge on any atom is 0.249 e. The van der Waals surface area contributed by atoms with Crippen LogP contribution in [-0.4, -0.2) is 55.0 Å². The van der Waals surface area contributed by atoms with E-state index in [0.717, 1.165) is 50.8 Å². The topological polar surface area (TPSA) is 49.9 Å². The number of methoxy groups -OCH3 is 1. The smallest absolute Gasteiger partial charge is 0.249 e. The highest BCUT2D eigenvalue weighted by Crippen LogP contribution is 2.35. The van der Waals surface area contributed by atoms with Gasteiger partial charge in [-0.3, -0.25) is 9.59 Å². The Balaban J connectivity index is 1.36. The van der Waals surface area contributed by atoms with Crippen LogP contribution in [0.3, 0.4) is 0 Å². The number of likely N-dealkylation sites (tertiary alicyclic amines) is 2. The maximum atomic E-state index is 13.3. The molecule has 2 unspecified atom stereocenters. The molecule has 2 aliphatic heterocycles. The molecule has 2 atom stereocenters. The summed E-state index contributed by atoms with van der Waals surface area (Å²) in [6.07, 6.45) is 4.81. The molecule has 5 heteroatoms. The Hall–Kier alpha value is -2.66. The van der Waals surface area contributed by atoms with E-state index in [1.165, 1.54) is 5.56 Å². The zero-order chi connectivity index (χ0) is 22.3. The molecule has 2 aromatic rings. The van der Waals surface area contributed by atoms with Crippen LogP contribution in [0.15, 0.2) is 60.7 Å². The lowest BCUT2D eigenvalue weighted by molar-refractivity contribution is -0.146. The number of carbonyl (C=O) groups is 2. The molecule has 0 N–H and O–H groups in total. The summed E-state index contributed by atoms with van der Waals surface area (Å²) in [6, 6.07) is 20.8. The van der Waals surface area contributed by atoms with Gasteiger partial charge in [0.1, 0.15) is 6.61 Å². The largest absolute Gasteiger partial charge is 0.375 e. The number of rotatable bonds is 6. The van der Waals surface area contributed by atoms with Crippen molar-refractivity contribution in [2.24, 2.45) is 11.8 Å². The van der Waals surface area contributed by atoms with Crippen LogP contribution in [0.4, 0.5) is 0 Å². The van der Waals surface area contributed by atoms with Gasteiger partial charge in [-0.1, -0.05) is 60.7 Å². The lowest BCUT2D eigenvalue weighted by Crippen LogP contribution is -2.50. The second-order valence-electron chi connectivity index (χ2n) is 9.14. The van der Waals surface area contributed by atoms with Crippen LogP contribution in [0.2, 0.25) is 0 Å². The average Bonchev–Trinajstić information content (AvgIpc) is 2.85. The van der Waals surface area contributed by atoms with Crippen molar-refractivity contribution in [2.45, 2.75) is 38.1 Å². The minimum Gasteiger partial charge on any atom is -0.375 e. The lowest BCUT2D eigenvalue weighted by Gasteiger charge is -2.42. The molecule has 0 aliphatic carbocycles. The van der Waals surface area contributed by atoms with Crippen molar-refractivity contribution < 1.29 is 14.3 Å². The Labute approximate surface area is 191 Å². The van der Waals surface area contributed by atoms with Gasteiger partial charge < -0.3 is 14.5 Å². The van der Waals surface area contributed by atoms with Crippen molar-refractivity contribution in [3.8, 4) is 0 Å².